The minimum absolute atomic E-state index is 0.0800. The van der Waals surface area contributed by atoms with Crippen molar-refractivity contribution in [1.29, 1.82) is 0 Å². The van der Waals surface area contributed by atoms with E-state index in [0.717, 1.165) is 91.2 Å². The van der Waals surface area contributed by atoms with E-state index in [4.69, 9.17) is 57.9 Å². The molecular weight excluding hydrogens is 1110 g/mol. The van der Waals surface area contributed by atoms with Gasteiger partial charge in [0.25, 0.3) is 0 Å². The maximum Gasteiger partial charge on any atom is 0.330 e. The van der Waals surface area contributed by atoms with Crippen molar-refractivity contribution >= 4 is 62.4 Å². The van der Waals surface area contributed by atoms with Gasteiger partial charge in [-0.2, -0.15) is 9.78 Å². The topological polar surface area (TPSA) is 233 Å². The van der Waals surface area contributed by atoms with Gasteiger partial charge in [0.15, 0.2) is 28.0 Å². The number of carbonyl (C=O) groups excluding carboxylic acids is 5. The highest BCUT2D eigenvalue weighted by atomic mass is 32.1. The molecule has 0 saturated heterocycles. The van der Waals surface area contributed by atoms with Crippen LogP contribution in [0.25, 0.3) is 32.0 Å². The SMILES string of the molecule is C=CC(=O)OCCCCCCOc1ccc(OOCC2CCC(C(=O)Oc3ccc(OOCC4CCC(C)CC4)c4nc(-c5cc6c(C)cc(C)cc6o5)sc34)CC2)cc1.C=CC(=O)OCCOC(=O)CCC(=O)Oc1ccc([C@H](C)OO)cc1. The summed E-state index contributed by atoms with van der Waals surface area (Å²) < 4.78 is 38.5. The van der Waals surface area contributed by atoms with Crippen molar-refractivity contribution in [3.8, 4) is 39.5 Å². The van der Waals surface area contributed by atoms with Gasteiger partial charge in [-0.3, -0.25) is 19.6 Å². The number of nitrogens with zero attached hydrogens (tertiary/aromatic N) is 1. The molecule has 0 radical (unpaired) electrons. The van der Waals surface area contributed by atoms with Crippen molar-refractivity contribution in [3.63, 3.8) is 0 Å². The van der Waals surface area contributed by atoms with Crippen molar-refractivity contribution in [2.75, 3.05) is 39.6 Å². The molecule has 2 saturated carbocycles. The third-order valence-electron chi connectivity index (χ3n) is 14.7. The Hall–Kier alpha value is -7.62. The van der Waals surface area contributed by atoms with E-state index >= 15 is 0 Å². The van der Waals surface area contributed by atoms with Gasteiger partial charge in [0.1, 0.15) is 46.6 Å². The van der Waals surface area contributed by atoms with E-state index in [9.17, 15) is 24.0 Å². The number of aryl methyl sites for hydroxylation is 2. The minimum atomic E-state index is -0.606. The second-order valence-corrected chi connectivity index (χ2v) is 22.4. The largest absolute Gasteiger partial charge is 0.494 e. The summed E-state index contributed by atoms with van der Waals surface area (Å²) in [5.41, 5.74) is 4.36. The highest BCUT2D eigenvalue weighted by Gasteiger charge is 2.30. The molecule has 2 aliphatic carbocycles. The van der Waals surface area contributed by atoms with E-state index in [2.05, 4.69) is 49.6 Å². The van der Waals surface area contributed by atoms with E-state index in [1.807, 2.05) is 36.4 Å². The van der Waals surface area contributed by atoms with E-state index in [-0.39, 0.29) is 49.8 Å². The summed E-state index contributed by atoms with van der Waals surface area (Å²) in [6, 6.07) is 23.5. The molecule has 2 fully saturated rings. The molecule has 456 valence electrons. The quantitative estimate of drug-likeness (QED) is 0.00839. The van der Waals surface area contributed by atoms with Crippen molar-refractivity contribution < 1.29 is 86.5 Å². The van der Waals surface area contributed by atoms with Crippen molar-refractivity contribution in [2.45, 2.75) is 124 Å². The van der Waals surface area contributed by atoms with Gasteiger partial charge in [0.05, 0.1) is 45.2 Å². The molecule has 0 spiro atoms. The highest BCUT2D eigenvalue weighted by Crippen LogP contribution is 2.43. The molecular formula is C65H77NO18S. The number of ether oxygens (including phenoxy) is 6. The fraction of sp³-hybridized carbons (Fsp3) is 0.446. The number of unbranched alkanes of at least 4 members (excludes halogenated alkanes) is 3. The van der Waals surface area contributed by atoms with Gasteiger partial charge >= 0.3 is 29.8 Å². The van der Waals surface area contributed by atoms with Crippen LogP contribution in [0.1, 0.15) is 127 Å². The van der Waals surface area contributed by atoms with E-state index in [1.54, 1.807) is 43.3 Å². The number of fused-ring (bicyclic) bond motifs is 2. The monoisotopic (exact) mass is 1190 g/mol. The van der Waals surface area contributed by atoms with Crippen LogP contribution in [0.15, 0.2) is 109 Å². The Bertz CT molecular complexity index is 3130. The third kappa shape index (κ3) is 20.8. The van der Waals surface area contributed by atoms with Crippen molar-refractivity contribution in [1.82, 2.24) is 4.98 Å². The number of rotatable bonds is 30. The Kier molecular flexibility index (Phi) is 25.8. The maximum absolute atomic E-state index is 13.6. The first-order valence-electron chi connectivity index (χ1n) is 29.0. The molecule has 0 unspecified atom stereocenters. The lowest BCUT2D eigenvalue weighted by molar-refractivity contribution is -0.277. The van der Waals surface area contributed by atoms with Crippen LogP contribution < -0.4 is 24.0 Å². The standard InChI is InChI=1S/C48H57NO10S.C17H20O8/c1-5-44(50)53-25-9-7-6-8-24-52-37-18-20-38(21-19-37)58-54-29-35-14-16-36(17-15-35)48(51)57-41-23-22-40(59-55-30-34-12-10-31(2)11-13-34)45-46(41)60-47(49-45)43-28-39-33(4)26-32(3)27-42(39)56-43;1-3-15(18)22-10-11-23-16(19)8-9-17(20)24-14-6-4-13(5-7-14)12(2)25-21/h5,18-23,26-28,31,34-36H,1,6-17,24-25,29-30H2,2-4H3;3-7,12,21H,1,8-11H2,2H3/t;12-/m.0/s1. The second-order valence-electron chi connectivity index (χ2n) is 21.4. The summed E-state index contributed by atoms with van der Waals surface area (Å²) in [5.74, 6) is 2.11. The van der Waals surface area contributed by atoms with Crippen LogP contribution in [0.3, 0.4) is 0 Å². The molecule has 2 heterocycles. The number of furan rings is 1. The zero-order chi connectivity index (χ0) is 60.5. The van der Waals surface area contributed by atoms with Crippen LogP contribution in [-0.4, -0.2) is 79.7 Å². The summed E-state index contributed by atoms with van der Waals surface area (Å²) in [4.78, 5) is 90.7. The van der Waals surface area contributed by atoms with Gasteiger partial charge in [0, 0.05) is 17.5 Å². The van der Waals surface area contributed by atoms with Crippen LogP contribution in [0.5, 0.6) is 28.7 Å². The van der Waals surface area contributed by atoms with Crippen LogP contribution in [0.2, 0.25) is 0 Å². The smallest absolute Gasteiger partial charge is 0.330 e. The van der Waals surface area contributed by atoms with Crippen LogP contribution in [0, 0.1) is 37.5 Å². The van der Waals surface area contributed by atoms with Gasteiger partial charge in [-0.05, 0) is 180 Å². The zero-order valence-electron chi connectivity index (χ0n) is 48.8. The van der Waals surface area contributed by atoms with Gasteiger partial charge < -0.3 is 42.6 Å². The summed E-state index contributed by atoms with van der Waals surface area (Å²) in [5, 5.41) is 10.3. The molecule has 19 nitrogen and oxygen atoms in total. The number of thiazole rings is 1. The Morgan fingerprint density at radius 2 is 1.27 bits per heavy atom. The third-order valence-corrected chi connectivity index (χ3v) is 15.8. The number of benzene rings is 4. The van der Waals surface area contributed by atoms with Crippen molar-refractivity contribution in [3.05, 3.63) is 121 Å². The molecule has 0 amide bonds. The Morgan fingerprint density at radius 3 is 1.95 bits per heavy atom. The molecule has 20 heteroatoms. The van der Waals surface area contributed by atoms with Gasteiger partial charge in [-0.1, -0.05) is 51.1 Å². The Morgan fingerprint density at radius 1 is 0.671 bits per heavy atom. The first-order chi connectivity index (χ1) is 41.2. The molecule has 1 atom stereocenters. The fourth-order valence-corrected chi connectivity index (χ4v) is 10.7. The van der Waals surface area contributed by atoms with Crippen LogP contribution in [0.4, 0.5) is 0 Å². The van der Waals surface area contributed by atoms with E-state index < -0.39 is 24.0 Å². The first-order valence-corrected chi connectivity index (χ1v) is 29.8. The molecule has 1 N–H and O–H groups in total. The summed E-state index contributed by atoms with van der Waals surface area (Å²) >= 11 is 1.41. The second kappa shape index (κ2) is 33.8. The van der Waals surface area contributed by atoms with Crippen LogP contribution in [-0.2, 0) is 52.8 Å². The molecule has 2 aromatic heterocycles. The summed E-state index contributed by atoms with van der Waals surface area (Å²) in [7, 11) is 0. The molecule has 6 aromatic rings. The first kappa shape index (κ1) is 64.9. The number of hydrogen-bond acceptors (Lipinski definition) is 20. The lowest BCUT2D eigenvalue weighted by Gasteiger charge is -2.26. The fourth-order valence-electron chi connectivity index (χ4n) is 9.71. The Labute approximate surface area is 499 Å². The number of esters is 5. The molecule has 4 aromatic carbocycles. The number of carbonyl (C=O) groups is 5. The predicted molar refractivity (Wildman–Crippen MR) is 317 cm³/mol. The maximum atomic E-state index is 13.6. The zero-order valence-corrected chi connectivity index (χ0v) is 49.7. The van der Waals surface area contributed by atoms with Crippen LogP contribution >= 0.6 is 11.3 Å². The normalized spacial score (nSPS) is 16.9. The lowest BCUT2D eigenvalue weighted by atomic mass is 9.82. The molecule has 0 aliphatic heterocycles. The summed E-state index contributed by atoms with van der Waals surface area (Å²) in [6.45, 7) is 16.5. The van der Waals surface area contributed by atoms with Gasteiger partial charge in [0.2, 0.25) is 0 Å². The Balaban J connectivity index is 0.000000348. The molecule has 85 heavy (non-hydrogen) atoms. The highest BCUT2D eigenvalue weighted by molar-refractivity contribution is 7.22. The predicted octanol–water partition coefficient (Wildman–Crippen LogP) is 14.0. The van der Waals surface area contributed by atoms with Crippen molar-refractivity contribution in [2.24, 2.45) is 23.7 Å². The number of hydrogen-bond donors (Lipinski definition) is 1. The lowest BCUT2D eigenvalue weighted by Crippen LogP contribution is -2.27. The average molecular weight is 1190 g/mol. The molecule has 2 aliphatic rings. The van der Waals surface area contributed by atoms with Gasteiger partial charge in [-0.15, -0.1) is 11.3 Å². The minimum Gasteiger partial charge on any atom is -0.494 e. The average Bonchev–Trinajstić information content (AvgIpc) is 2.96. The number of aromatic nitrogens is 1. The van der Waals surface area contributed by atoms with Gasteiger partial charge in [-0.25, -0.2) is 19.5 Å². The van der Waals surface area contributed by atoms with E-state index in [1.165, 1.54) is 30.3 Å². The summed E-state index contributed by atoms with van der Waals surface area (Å²) in [6.07, 6.45) is 12.8. The molecule has 8 rings (SSSR count). The molecule has 0 bridgehead atoms. The van der Waals surface area contributed by atoms with E-state index in [0.29, 0.717) is 94.7 Å².